The summed E-state index contributed by atoms with van der Waals surface area (Å²) in [4.78, 5) is 26.2. The van der Waals surface area contributed by atoms with Gasteiger partial charge in [0.1, 0.15) is 6.10 Å². The van der Waals surface area contributed by atoms with Crippen LogP contribution in [0.2, 0.25) is 0 Å². The second-order valence-electron chi connectivity index (χ2n) is 19.3. The van der Waals surface area contributed by atoms with Crippen LogP contribution in [0.4, 0.5) is 0 Å². The normalized spacial score (nSPS) is 13.2. The summed E-state index contributed by atoms with van der Waals surface area (Å²) < 4.78 is 5.95. The molecule has 3 unspecified atom stereocenters. The number of ether oxygens (including phenoxy) is 1. The Hall–Kier alpha value is -1.40. The molecule has 0 saturated carbocycles. The van der Waals surface area contributed by atoms with Crippen molar-refractivity contribution >= 4 is 11.9 Å². The van der Waals surface area contributed by atoms with Crippen molar-refractivity contribution in [2.75, 3.05) is 6.61 Å². The highest BCUT2D eigenvalue weighted by Crippen LogP contribution is 2.19. The molecule has 0 heterocycles. The van der Waals surface area contributed by atoms with Crippen LogP contribution in [0.3, 0.4) is 0 Å². The summed E-state index contributed by atoms with van der Waals surface area (Å²) in [6.45, 7) is 6.50. The molecule has 6 nitrogen and oxygen atoms in total. The Labute approximate surface area is 387 Å². The second kappa shape index (κ2) is 50.6. The van der Waals surface area contributed by atoms with Crippen LogP contribution in [0.5, 0.6) is 0 Å². The number of unbranched alkanes of at least 4 members (excludes halogenated alkanes) is 37. The first kappa shape index (κ1) is 60.6. The summed E-state index contributed by atoms with van der Waals surface area (Å²) in [5, 5.41) is 23.9. The van der Waals surface area contributed by atoms with Gasteiger partial charge in [-0.1, -0.05) is 258 Å². The van der Waals surface area contributed by atoms with Crippen LogP contribution in [0.1, 0.15) is 310 Å². The van der Waals surface area contributed by atoms with E-state index in [1.807, 2.05) is 0 Å². The van der Waals surface area contributed by atoms with Gasteiger partial charge < -0.3 is 20.3 Å². The lowest BCUT2D eigenvalue weighted by Crippen LogP contribution is -2.46. The van der Waals surface area contributed by atoms with Gasteiger partial charge in [-0.15, -0.1) is 0 Å². The van der Waals surface area contributed by atoms with Crippen molar-refractivity contribution in [1.82, 2.24) is 5.32 Å². The smallest absolute Gasteiger partial charge is 0.306 e. The van der Waals surface area contributed by atoms with Gasteiger partial charge in [0.05, 0.1) is 25.2 Å². The zero-order chi connectivity index (χ0) is 45.2. The molecule has 0 saturated heterocycles. The van der Waals surface area contributed by atoms with Gasteiger partial charge in [0.25, 0.3) is 0 Å². The first-order chi connectivity index (χ1) is 30.5. The van der Waals surface area contributed by atoms with Crippen LogP contribution in [0.15, 0.2) is 12.2 Å². The molecular weight excluding hydrogens is 767 g/mol. The molecule has 0 aromatic rings. The first-order valence-corrected chi connectivity index (χ1v) is 27.9. The lowest BCUT2D eigenvalue weighted by Gasteiger charge is -2.24. The predicted octanol–water partition coefficient (Wildman–Crippen LogP) is 16.9. The summed E-state index contributed by atoms with van der Waals surface area (Å²) in [6, 6.07) is -0.697. The average Bonchev–Trinajstić information content (AvgIpc) is 3.26. The van der Waals surface area contributed by atoms with Crippen LogP contribution in [-0.2, 0) is 14.3 Å². The van der Waals surface area contributed by atoms with Gasteiger partial charge in [0.15, 0.2) is 0 Å². The zero-order valence-electron chi connectivity index (χ0n) is 42.0. The SMILES string of the molecule is CCCCC/C=C\CCCCCCCC(=O)OC(CCCCCCCCCCCCCCCCCC)CC(=O)NC(CO)C(O)CCCCCCCCCCCCCCCCC. The van der Waals surface area contributed by atoms with Crippen LogP contribution in [0, 0.1) is 0 Å². The van der Waals surface area contributed by atoms with Crippen molar-refractivity contribution in [3.05, 3.63) is 12.2 Å². The summed E-state index contributed by atoms with van der Waals surface area (Å²) in [7, 11) is 0. The fourth-order valence-electron chi connectivity index (χ4n) is 8.84. The lowest BCUT2D eigenvalue weighted by molar-refractivity contribution is -0.151. The Balaban J connectivity index is 4.50. The highest BCUT2D eigenvalue weighted by molar-refractivity contribution is 5.77. The Kier molecular flexibility index (Phi) is 49.5. The number of hydrogen-bond acceptors (Lipinski definition) is 5. The van der Waals surface area contributed by atoms with Crippen molar-refractivity contribution < 1.29 is 24.5 Å². The topological polar surface area (TPSA) is 95.9 Å². The minimum absolute atomic E-state index is 0.0820. The second-order valence-corrected chi connectivity index (χ2v) is 19.3. The van der Waals surface area contributed by atoms with E-state index in [0.29, 0.717) is 19.3 Å². The third-order valence-electron chi connectivity index (χ3n) is 13.1. The highest BCUT2D eigenvalue weighted by Gasteiger charge is 2.24. The number of hydrogen-bond donors (Lipinski definition) is 3. The maximum Gasteiger partial charge on any atom is 0.306 e. The van der Waals surface area contributed by atoms with Crippen molar-refractivity contribution in [2.24, 2.45) is 0 Å². The molecule has 0 aliphatic rings. The van der Waals surface area contributed by atoms with E-state index in [9.17, 15) is 19.8 Å². The number of carbonyl (C=O) groups excluding carboxylic acids is 2. The summed E-state index contributed by atoms with van der Waals surface area (Å²) in [5.41, 5.74) is 0. The third-order valence-corrected chi connectivity index (χ3v) is 13.1. The van der Waals surface area contributed by atoms with E-state index < -0.39 is 18.2 Å². The minimum Gasteiger partial charge on any atom is -0.462 e. The Morgan fingerprint density at radius 2 is 0.774 bits per heavy atom. The molecule has 0 fully saturated rings. The molecule has 368 valence electrons. The molecule has 6 heteroatoms. The Morgan fingerprint density at radius 3 is 1.18 bits per heavy atom. The van der Waals surface area contributed by atoms with Crippen molar-refractivity contribution in [3.8, 4) is 0 Å². The van der Waals surface area contributed by atoms with Crippen molar-refractivity contribution in [2.45, 2.75) is 328 Å². The van der Waals surface area contributed by atoms with E-state index in [2.05, 4.69) is 38.2 Å². The fraction of sp³-hybridized carbons (Fsp3) is 0.929. The molecule has 62 heavy (non-hydrogen) atoms. The lowest BCUT2D eigenvalue weighted by atomic mass is 10.0. The maximum absolute atomic E-state index is 13.2. The number of amides is 1. The van der Waals surface area contributed by atoms with Crippen LogP contribution in [-0.4, -0.2) is 46.9 Å². The van der Waals surface area contributed by atoms with Crippen LogP contribution < -0.4 is 5.32 Å². The van der Waals surface area contributed by atoms with E-state index in [-0.39, 0.29) is 24.9 Å². The van der Waals surface area contributed by atoms with Gasteiger partial charge in [-0.25, -0.2) is 0 Å². The molecule has 1 amide bonds. The van der Waals surface area contributed by atoms with E-state index in [0.717, 1.165) is 51.4 Å². The minimum atomic E-state index is -0.783. The number of esters is 1. The molecule has 0 aromatic heterocycles. The van der Waals surface area contributed by atoms with E-state index in [4.69, 9.17) is 4.74 Å². The number of rotatable bonds is 51. The summed E-state index contributed by atoms with van der Waals surface area (Å²) >= 11 is 0. The molecule has 0 spiro atoms. The van der Waals surface area contributed by atoms with Gasteiger partial charge in [-0.3, -0.25) is 9.59 Å². The molecule has 0 bridgehead atoms. The molecule has 0 aromatic carbocycles. The average molecular weight is 876 g/mol. The molecule has 3 atom stereocenters. The molecule has 0 rings (SSSR count). The van der Waals surface area contributed by atoms with Gasteiger partial charge in [-0.05, 0) is 51.4 Å². The zero-order valence-corrected chi connectivity index (χ0v) is 42.0. The molecule has 0 aliphatic carbocycles. The van der Waals surface area contributed by atoms with Gasteiger partial charge in [0, 0.05) is 6.42 Å². The maximum atomic E-state index is 13.2. The number of nitrogens with one attached hydrogen (secondary N) is 1. The number of carbonyl (C=O) groups is 2. The molecule has 3 N–H and O–H groups in total. The third kappa shape index (κ3) is 45.2. The van der Waals surface area contributed by atoms with Crippen LogP contribution >= 0.6 is 0 Å². The van der Waals surface area contributed by atoms with Crippen molar-refractivity contribution in [1.29, 1.82) is 0 Å². The molecule has 0 radical (unpaired) electrons. The van der Waals surface area contributed by atoms with Gasteiger partial charge in [-0.2, -0.15) is 0 Å². The summed E-state index contributed by atoms with van der Waals surface area (Å²) in [5.74, 6) is -0.463. The molecule has 0 aliphatic heterocycles. The quantitative estimate of drug-likeness (QED) is 0.0321. The van der Waals surface area contributed by atoms with Gasteiger partial charge in [0.2, 0.25) is 5.91 Å². The van der Waals surface area contributed by atoms with Gasteiger partial charge >= 0.3 is 5.97 Å². The fourth-order valence-corrected chi connectivity index (χ4v) is 8.84. The van der Waals surface area contributed by atoms with Crippen LogP contribution in [0.25, 0.3) is 0 Å². The number of aliphatic hydroxyl groups excluding tert-OH is 2. The molecular formula is C56H109NO5. The first-order valence-electron chi connectivity index (χ1n) is 27.9. The summed E-state index contributed by atoms with van der Waals surface area (Å²) in [6.07, 6.45) is 57.0. The van der Waals surface area contributed by atoms with E-state index >= 15 is 0 Å². The standard InChI is InChI=1S/C56H109NO5/c1-4-7-10-13-16-19-22-25-27-29-30-32-35-38-41-44-47-52(62-56(61)49-46-43-40-37-34-24-21-18-15-12-9-6-3)50-55(60)57-53(51-58)54(59)48-45-42-39-36-33-31-28-26-23-20-17-14-11-8-5-2/h18,21,52-54,58-59H,4-17,19-20,22-51H2,1-3H3,(H,57,60)/b21-18-. The number of allylic oxidation sites excluding steroid dienone is 2. The Bertz CT molecular complexity index is 939. The monoisotopic (exact) mass is 876 g/mol. The highest BCUT2D eigenvalue weighted by atomic mass is 16.5. The van der Waals surface area contributed by atoms with E-state index in [1.54, 1.807) is 0 Å². The predicted molar refractivity (Wildman–Crippen MR) is 269 cm³/mol. The van der Waals surface area contributed by atoms with E-state index in [1.165, 1.54) is 212 Å². The van der Waals surface area contributed by atoms with Crippen molar-refractivity contribution in [3.63, 3.8) is 0 Å². The largest absolute Gasteiger partial charge is 0.462 e. The Morgan fingerprint density at radius 1 is 0.452 bits per heavy atom. The number of aliphatic hydroxyl groups is 2.